The van der Waals surface area contributed by atoms with Crippen molar-refractivity contribution >= 4 is 29.5 Å². The molecule has 0 saturated heterocycles. The quantitative estimate of drug-likeness (QED) is 0.553. The number of urea groups is 1. The fraction of sp³-hybridized carbons (Fsp3) is 0.200. The Bertz CT molecular complexity index is 928. The first-order chi connectivity index (χ1) is 14.3. The molecule has 0 fully saturated rings. The maximum absolute atomic E-state index is 12.0. The van der Waals surface area contributed by atoms with Crippen LogP contribution in [0.3, 0.4) is 0 Å². The Kier molecular flexibility index (Phi) is 7.74. The van der Waals surface area contributed by atoms with Crippen LogP contribution in [0.25, 0.3) is 0 Å². The second kappa shape index (κ2) is 10.5. The van der Waals surface area contributed by atoms with Gasteiger partial charge in [0.1, 0.15) is 11.5 Å². The largest absolute Gasteiger partial charge is 0.497 e. The molecular formula is C20H21N3O7. The van der Waals surface area contributed by atoms with Crippen LogP contribution in [0.1, 0.15) is 17.3 Å². The number of anilines is 1. The topological polar surface area (TPSA) is 146 Å². The zero-order valence-corrected chi connectivity index (χ0v) is 16.3. The van der Waals surface area contributed by atoms with Crippen molar-refractivity contribution < 1.29 is 33.4 Å². The molecule has 0 aromatic heterocycles. The summed E-state index contributed by atoms with van der Waals surface area (Å²) >= 11 is 0. The highest BCUT2D eigenvalue weighted by atomic mass is 16.5. The number of nitrogens with two attached hydrogens (primary N) is 1. The molecule has 4 amide bonds. The van der Waals surface area contributed by atoms with Gasteiger partial charge in [-0.15, -0.1) is 0 Å². The van der Waals surface area contributed by atoms with Crippen molar-refractivity contribution in [3.8, 4) is 11.5 Å². The van der Waals surface area contributed by atoms with Crippen LogP contribution in [-0.2, 0) is 14.3 Å². The van der Waals surface area contributed by atoms with E-state index in [9.17, 15) is 19.2 Å². The highest BCUT2D eigenvalue weighted by Gasteiger charge is 2.20. The maximum Gasteiger partial charge on any atom is 0.338 e. The van der Waals surface area contributed by atoms with Crippen molar-refractivity contribution in [3.05, 3.63) is 54.1 Å². The van der Waals surface area contributed by atoms with Crippen LogP contribution < -0.4 is 25.8 Å². The van der Waals surface area contributed by atoms with E-state index < -0.39 is 24.0 Å². The van der Waals surface area contributed by atoms with Crippen LogP contribution in [0.2, 0.25) is 0 Å². The van der Waals surface area contributed by atoms with Gasteiger partial charge in [0.15, 0.2) is 12.7 Å². The third-order valence-electron chi connectivity index (χ3n) is 3.71. The van der Waals surface area contributed by atoms with Crippen LogP contribution in [-0.4, -0.2) is 43.6 Å². The molecule has 0 bridgehead atoms. The lowest BCUT2D eigenvalue weighted by atomic mass is 10.2. The zero-order chi connectivity index (χ0) is 22.1. The van der Waals surface area contributed by atoms with E-state index in [1.54, 1.807) is 24.3 Å². The number of methoxy groups -OCH3 is 1. The fourth-order valence-electron chi connectivity index (χ4n) is 2.24. The Balaban J connectivity index is 1.84. The van der Waals surface area contributed by atoms with Crippen LogP contribution in [0.15, 0.2) is 48.5 Å². The molecule has 2 aromatic rings. The first kappa shape index (κ1) is 22.2. The molecule has 1 atom stereocenters. The number of imide groups is 1. The van der Waals surface area contributed by atoms with Crippen molar-refractivity contribution in [1.82, 2.24) is 5.32 Å². The van der Waals surface area contributed by atoms with Crippen molar-refractivity contribution in [2.75, 3.05) is 19.0 Å². The Morgan fingerprint density at radius 2 is 1.73 bits per heavy atom. The zero-order valence-electron chi connectivity index (χ0n) is 16.3. The number of esters is 1. The molecular weight excluding hydrogens is 394 g/mol. The first-order valence-corrected chi connectivity index (χ1v) is 8.76. The minimum absolute atomic E-state index is 0.155. The summed E-state index contributed by atoms with van der Waals surface area (Å²) in [4.78, 5) is 46.2. The molecule has 158 valence electrons. The SMILES string of the molecule is COc1cccc(NC(=O)COc2ccc(C(=O)OC(C)C(=O)NC(N)=O)cc2)c1. The van der Waals surface area contributed by atoms with E-state index in [-0.39, 0.29) is 18.1 Å². The summed E-state index contributed by atoms with van der Waals surface area (Å²) in [6.45, 7) is 1.06. The molecule has 0 aliphatic heterocycles. The molecule has 30 heavy (non-hydrogen) atoms. The van der Waals surface area contributed by atoms with Gasteiger partial charge in [-0.05, 0) is 43.3 Å². The minimum Gasteiger partial charge on any atom is -0.497 e. The average Bonchev–Trinajstić information content (AvgIpc) is 2.72. The molecule has 0 radical (unpaired) electrons. The molecule has 2 aromatic carbocycles. The summed E-state index contributed by atoms with van der Waals surface area (Å²) in [7, 11) is 1.53. The van der Waals surface area contributed by atoms with Gasteiger partial charge in [-0.25, -0.2) is 9.59 Å². The van der Waals surface area contributed by atoms with E-state index in [1.165, 1.54) is 38.3 Å². The number of carbonyl (C=O) groups is 4. The average molecular weight is 415 g/mol. The number of amides is 4. The molecule has 1 unspecified atom stereocenters. The van der Waals surface area contributed by atoms with Gasteiger partial charge in [-0.3, -0.25) is 14.9 Å². The van der Waals surface area contributed by atoms with Gasteiger partial charge in [0.2, 0.25) is 0 Å². The van der Waals surface area contributed by atoms with E-state index in [0.717, 1.165) is 0 Å². The summed E-state index contributed by atoms with van der Waals surface area (Å²) < 4.78 is 15.4. The van der Waals surface area contributed by atoms with E-state index in [1.807, 2.05) is 5.32 Å². The number of ether oxygens (including phenoxy) is 3. The van der Waals surface area contributed by atoms with E-state index >= 15 is 0 Å². The molecule has 0 aliphatic rings. The number of carbonyl (C=O) groups excluding carboxylic acids is 4. The second-order valence-electron chi connectivity index (χ2n) is 5.99. The Hall–Kier alpha value is -4.08. The Labute approximate surface area is 172 Å². The highest BCUT2D eigenvalue weighted by molar-refractivity contribution is 5.98. The molecule has 10 heteroatoms. The summed E-state index contributed by atoms with van der Waals surface area (Å²) in [6.07, 6.45) is -1.21. The van der Waals surface area contributed by atoms with Crippen LogP contribution in [0.4, 0.5) is 10.5 Å². The van der Waals surface area contributed by atoms with Crippen molar-refractivity contribution in [2.45, 2.75) is 13.0 Å². The monoisotopic (exact) mass is 415 g/mol. The van der Waals surface area contributed by atoms with Crippen molar-refractivity contribution in [3.63, 3.8) is 0 Å². The normalized spacial score (nSPS) is 11.0. The smallest absolute Gasteiger partial charge is 0.338 e. The maximum atomic E-state index is 12.0. The number of nitrogens with one attached hydrogen (secondary N) is 2. The van der Waals surface area contributed by atoms with Gasteiger partial charge in [-0.2, -0.15) is 0 Å². The van der Waals surface area contributed by atoms with Gasteiger partial charge < -0.3 is 25.3 Å². The van der Waals surface area contributed by atoms with Crippen molar-refractivity contribution in [1.29, 1.82) is 0 Å². The highest BCUT2D eigenvalue weighted by Crippen LogP contribution is 2.17. The lowest BCUT2D eigenvalue weighted by Crippen LogP contribution is -2.42. The van der Waals surface area contributed by atoms with Crippen LogP contribution in [0.5, 0.6) is 11.5 Å². The van der Waals surface area contributed by atoms with E-state index in [0.29, 0.717) is 17.2 Å². The predicted octanol–water partition coefficient (Wildman–Crippen LogP) is 1.45. The van der Waals surface area contributed by atoms with Crippen LogP contribution in [0, 0.1) is 0 Å². The van der Waals surface area contributed by atoms with Gasteiger partial charge in [-0.1, -0.05) is 6.07 Å². The van der Waals surface area contributed by atoms with E-state index in [4.69, 9.17) is 19.9 Å². The molecule has 0 heterocycles. The molecule has 0 aliphatic carbocycles. The summed E-state index contributed by atoms with van der Waals surface area (Å²) in [6, 6.07) is 11.6. The van der Waals surface area contributed by atoms with Gasteiger partial charge >= 0.3 is 12.0 Å². The lowest BCUT2D eigenvalue weighted by Gasteiger charge is -2.12. The third-order valence-corrected chi connectivity index (χ3v) is 3.71. The van der Waals surface area contributed by atoms with Crippen LogP contribution >= 0.6 is 0 Å². The molecule has 0 spiro atoms. The molecule has 10 nitrogen and oxygen atoms in total. The Morgan fingerprint density at radius 3 is 2.37 bits per heavy atom. The van der Waals surface area contributed by atoms with Gasteiger partial charge in [0.05, 0.1) is 12.7 Å². The Morgan fingerprint density at radius 1 is 1.03 bits per heavy atom. The second-order valence-corrected chi connectivity index (χ2v) is 5.99. The molecule has 4 N–H and O–H groups in total. The predicted molar refractivity (Wildman–Crippen MR) is 106 cm³/mol. The summed E-state index contributed by atoms with van der Waals surface area (Å²) in [5, 5.41) is 4.49. The molecule has 2 rings (SSSR count). The summed E-state index contributed by atoms with van der Waals surface area (Å²) in [5.74, 6) is -1.02. The van der Waals surface area contributed by atoms with Gasteiger partial charge in [0.25, 0.3) is 11.8 Å². The number of primary amides is 1. The standard InChI is InChI=1S/C20H21N3O7/c1-12(18(25)23-20(21)27)30-19(26)13-6-8-15(9-7-13)29-11-17(24)22-14-4-3-5-16(10-14)28-2/h3-10,12H,11H2,1-2H3,(H,22,24)(H3,21,23,25,27). The molecule has 0 saturated carbocycles. The first-order valence-electron chi connectivity index (χ1n) is 8.76. The van der Waals surface area contributed by atoms with E-state index in [2.05, 4.69) is 5.32 Å². The number of hydrogen-bond acceptors (Lipinski definition) is 7. The minimum atomic E-state index is -1.21. The van der Waals surface area contributed by atoms with Crippen molar-refractivity contribution in [2.24, 2.45) is 5.73 Å². The fourth-order valence-corrected chi connectivity index (χ4v) is 2.24. The number of benzene rings is 2. The number of hydrogen-bond donors (Lipinski definition) is 3. The van der Waals surface area contributed by atoms with Gasteiger partial charge in [0, 0.05) is 11.8 Å². The summed E-state index contributed by atoms with van der Waals surface area (Å²) in [5.41, 5.74) is 5.56. The lowest BCUT2D eigenvalue weighted by molar-refractivity contribution is -0.127. The third kappa shape index (κ3) is 6.82. The number of rotatable bonds is 8.